The number of nitrogens with one attached hydrogen (secondary N) is 2. The summed E-state index contributed by atoms with van der Waals surface area (Å²) in [6.45, 7) is 2.58. The highest BCUT2D eigenvalue weighted by molar-refractivity contribution is 7.46. The van der Waals surface area contributed by atoms with Gasteiger partial charge in [0.05, 0.1) is 27.5 Å². The van der Waals surface area contributed by atoms with E-state index in [0.717, 1.165) is 11.1 Å². The summed E-state index contributed by atoms with van der Waals surface area (Å²) in [4.78, 5) is 58.3. The van der Waals surface area contributed by atoms with Crippen LogP contribution in [0.5, 0.6) is 23.0 Å². The van der Waals surface area contributed by atoms with Crippen molar-refractivity contribution < 1.29 is 56.9 Å². The van der Waals surface area contributed by atoms with E-state index in [4.69, 9.17) is 51.0 Å². The number of anilines is 5. The molecule has 0 unspecified atom stereocenters. The second-order valence-electron chi connectivity index (χ2n) is 11.1. The van der Waals surface area contributed by atoms with E-state index >= 15 is 0 Å². The van der Waals surface area contributed by atoms with Crippen LogP contribution in [-0.2, 0) is 18.7 Å². The largest absolute Gasteiger partial charge is 0.493 e. The van der Waals surface area contributed by atoms with Crippen LogP contribution in [0.25, 0.3) is 0 Å². The Hall–Kier alpha value is -5.54. The number of amides is 1. The lowest BCUT2D eigenvalue weighted by atomic mass is 10.1. The SMILES string of the molecule is COc1cc(Nc2ncc(F)c(Nc3ccc4c(n3)N(COP(=O)(O)O)C(=O)C(C)(C)O4)n2)cc(OC)c1OC.NC(N)=NCCC[C@H](N)C(=O)O. The summed E-state index contributed by atoms with van der Waals surface area (Å²) in [6.07, 6.45) is 1.89. The molecule has 284 valence electrons. The number of ether oxygens (including phenoxy) is 4. The molecule has 4 rings (SSSR count). The van der Waals surface area contributed by atoms with E-state index in [-0.39, 0.29) is 35.1 Å². The number of nitrogens with zero attached hydrogens (tertiary/aromatic N) is 5. The average molecular weight is 755 g/mol. The fourth-order valence-corrected chi connectivity index (χ4v) is 4.60. The average Bonchev–Trinajstić information content (AvgIpc) is 3.07. The number of methoxy groups -OCH3 is 3. The van der Waals surface area contributed by atoms with Gasteiger partial charge in [0.25, 0.3) is 5.91 Å². The summed E-state index contributed by atoms with van der Waals surface area (Å²) < 4.78 is 52.1. The zero-order valence-electron chi connectivity index (χ0n) is 28.7. The van der Waals surface area contributed by atoms with E-state index in [1.807, 2.05) is 0 Å². The number of pyridine rings is 1. The highest BCUT2D eigenvalue weighted by atomic mass is 31.2. The quantitative estimate of drug-likeness (QED) is 0.0472. The van der Waals surface area contributed by atoms with Crippen molar-refractivity contribution in [2.24, 2.45) is 22.2 Å². The Labute approximate surface area is 296 Å². The Bertz CT molecular complexity index is 1800. The zero-order valence-corrected chi connectivity index (χ0v) is 29.6. The highest BCUT2D eigenvalue weighted by Gasteiger charge is 2.42. The van der Waals surface area contributed by atoms with Crippen molar-refractivity contribution in [3.63, 3.8) is 0 Å². The van der Waals surface area contributed by atoms with Crippen molar-refractivity contribution in [2.75, 3.05) is 50.1 Å². The van der Waals surface area contributed by atoms with Crippen molar-refractivity contribution in [2.45, 2.75) is 38.3 Å². The maximum absolute atomic E-state index is 14.7. The van der Waals surface area contributed by atoms with Crippen LogP contribution in [0.2, 0.25) is 0 Å². The molecular formula is C29H40FN10O11P. The molecule has 1 aliphatic heterocycles. The van der Waals surface area contributed by atoms with Gasteiger partial charge in [0.1, 0.15) is 18.6 Å². The first kappa shape index (κ1) is 40.9. The number of guanidine groups is 1. The van der Waals surface area contributed by atoms with Crippen LogP contribution < -0.4 is 51.7 Å². The molecule has 1 atom stereocenters. The lowest BCUT2D eigenvalue weighted by Crippen LogP contribution is -2.53. The predicted molar refractivity (Wildman–Crippen MR) is 185 cm³/mol. The van der Waals surface area contributed by atoms with Crippen molar-refractivity contribution in [1.82, 2.24) is 15.0 Å². The fraction of sp³-hybridized carbons (Fsp3) is 0.379. The van der Waals surface area contributed by atoms with Gasteiger partial charge in [-0.25, -0.2) is 18.9 Å². The molecule has 0 fully saturated rings. The maximum Gasteiger partial charge on any atom is 0.471 e. The predicted octanol–water partition coefficient (Wildman–Crippen LogP) is 1.55. The number of nitrogens with two attached hydrogens (primary N) is 3. The van der Waals surface area contributed by atoms with Crippen molar-refractivity contribution in [1.29, 1.82) is 0 Å². The van der Waals surface area contributed by atoms with E-state index in [1.54, 1.807) is 12.1 Å². The number of hydrogen-bond donors (Lipinski definition) is 8. The molecule has 0 aliphatic carbocycles. The number of benzene rings is 1. The molecule has 23 heteroatoms. The first-order valence-corrected chi connectivity index (χ1v) is 16.5. The summed E-state index contributed by atoms with van der Waals surface area (Å²) in [6, 6.07) is 5.30. The minimum absolute atomic E-state index is 0.00747. The summed E-state index contributed by atoms with van der Waals surface area (Å²) in [5, 5.41) is 14.0. The third-order valence-electron chi connectivity index (χ3n) is 6.77. The van der Waals surface area contributed by atoms with Crippen molar-refractivity contribution in [3.8, 4) is 23.0 Å². The topological polar surface area (TPSA) is 314 Å². The van der Waals surface area contributed by atoms with Crippen LogP contribution in [-0.4, -0.2) is 93.9 Å². The molecule has 3 aromatic rings. The molecule has 0 radical (unpaired) electrons. The van der Waals surface area contributed by atoms with Crippen LogP contribution in [0.3, 0.4) is 0 Å². The number of carboxylic acid groups (broad SMARTS) is 1. The van der Waals surface area contributed by atoms with Crippen molar-refractivity contribution >= 4 is 54.7 Å². The van der Waals surface area contributed by atoms with Gasteiger partial charge in [-0.3, -0.25) is 24.0 Å². The number of phosphoric ester groups is 1. The number of rotatable bonds is 15. The van der Waals surface area contributed by atoms with Gasteiger partial charge in [-0.2, -0.15) is 4.98 Å². The van der Waals surface area contributed by atoms with Crippen LogP contribution >= 0.6 is 7.82 Å². The third kappa shape index (κ3) is 11.2. The summed E-state index contributed by atoms with van der Waals surface area (Å²) in [7, 11) is -0.521. The van der Waals surface area contributed by atoms with Crippen LogP contribution in [0.15, 0.2) is 35.5 Å². The lowest BCUT2D eigenvalue weighted by Gasteiger charge is -2.37. The number of carboxylic acids is 1. The molecule has 0 saturated carbocycles. The number of phosphoric acid groups is 1. The summed E-state index contributed by atoms with van der Waals surface area (Å²) in [5.41, 5.74) is 14.4. The molecule has 21 nitrogen and oxygen atoms in total. The second kappa shape index (κ2) is 17.6. The Kier molecular flexibility index (Phi) is 13.8. The lowest BCUT2D eigenvalue weighted by molar-refractivity contribution is -0.138. The van der Waals surface area contributed by atoms with Gasteiger partial charge in [-0.15, -0.1) is 0 Å². The van der Waals surface area contributed by atoms with Gasteiger partial charge in [-0.05, 0) is 38.8 Å². The number of carbonyl (C=O) groups excluding carboxylic acids is 1. The van der Waals surface area contributed by atoms with Gasteiger partial charge >= 0.3 is 13.8 Å². The highest BCUT2D eigenvalue weighted by Crippen LogP contribution is 2.42. The Morgan fingerprint density at radius 1 is 1.12 bits per heavy atom. The second-order valence-corrected chi connectivity index (χ2v) is 12.3. The number of aliphatic carboxylic acids is 1. The normalized spacial score (nSPS) is 13.7. The summed E-state index contributed by atoms with van der Waals surface area (Å²) >= 11 is 0. The molecule has 0 saturated heterocycles. The smallest absolute Gasteiger partial charge is 0.471 e. The molecule has 0 bridgehead atoms. The molecule has 11 N–H and O–H groups in total. The van der Waals surface area contributed by atoms with Crippen LogP contribution in [0.4, 0.5) is 33.5 Å². The molecule has 1 aromatic carbocycles. The first-order chi connectivity index (χ1) is 24.4. The minimum Gasteiger partial charge on any atom is -0.493 e. The molecular weight excluding hydrogens is 714 g/mol. The minimum atomic E-state index is -4.91. The van der Waals surface area contributed by atoms with Crippen LogP contribution in [0.1, 0.15) is 26.7 Å². The molecule has 1 amide bonds. The van der Waals surface area contributed by atoms with Gasteiger partial charge in [0.15, 0.2) is 46.3 Å². The van der Waals surface area contributed by atoms with E-state index in [0.29, 0.717) is 42.3 Å². The Balaban J connectivity index is 0.000000521. The van der Waals surface area contributed by atoms with E-state index in [2.05, 4.69) is 35.1 Å². The molecule has 3 heterocycles. The van der Waals surface area contributed by atoms with E-state index < -0.39 is 43.9 Å². The number of fused-ring (bicyclic) bond motifs is 1. The van der Waals surface area contributed by atoms with Crippen molar-refractivity contribution in [3.05, 3.63) is 36.3 Å². The van der Waals surface area contributed by atoms with E-state index in [1.165, 1.54) is 47.3 Å². The standard InChI is InChI=1S/C23H26FN6O9P.C6H14N4O2/c1-23(2)21(31)30(11-38-40(32,33)34)20-14(39-23)6-7-17(28-20)27-19-13(24)10-25-22(29-19)26-12-8-15(35-3)18(37-5)16(9-12)36-4;7-4(5(11)12)2-1-3-10-6(8)9/h6-10H,11H2,1-5H3,(H2,32,33,34)(H2,25,26,27,28,29);4H,1-3,7H2,(H,11,12)(H4,8,9,10)/t;4-/m.0/s1. The number of hydrogen-bond acceptors (Lipinski definition) is 15. The number of halogens is 1. The summed E-state index contributed by atoms with van der Waals surface area (Å²) in [5.74, 6) is -1.54. The van der Waals surface area contributed by atoms with Gasteiger partial charge in [-0.1, -0.05) is 0 Å². The first-order valence-electron chi connectivity index (χ1n) is 15.0. The van der Waals surface area contributed by atoms with Gasteiger partial charge in [0.2, 0.25) is 11.7 Å². The molecule has 0 spiro atoms. The molecule has 52 heavy (non-hydrogen) atoms. The molecule has 1 aliphatic rings. The maximum atomic E-state index is 14.7. The third-order valence-corrected chi connectivity index (χ3v) is 7.22. The zero-order chi connectivity index (χ0) is 38.8. The van der Waals surface area contributed by atoms with Gasteiger partial charge < -0.3 is 61.7 Å². The van der Waals surface area contributed by atoms with E-state index in [9.17, 15) is 18.5 Å². The van der Waals surface area contributed by atoms with Crippen LogP contribution in [0, 0.1) is 5.82 Å². The number of aromatic nitrogens is 3. The fourth-order valence-electron chi connectivity index (χ4n) is 4.33. The monoisotopic (exact) mass is 754 g/mol. The number of carbonyl (C=O) groups is 2. The number of aliphatic imine (C=N–C) groups is 1. The Morgan fingerprint density at radius 3 is 2.33 bits per heavy atom. The molecule has 2 aromatic heterocycles. The van der Waals surface area contributed by atoms with Gasteiger partial charge in [0, 0.05) is 24.4 Å². The Morgan fingerprint density at radius 2 is 1.77 bits per heavy atom.